The lowest BCUT2D eigenvalue weighted by Crippen LogP contribution is -1.93. The van der Waals surface area contributed by atoms with Gasteiger partial charge in [0.15, 0.2) is 0 Å². The Morgan fingerprint density at radius 3 is 2.42 bits per heavy atom. The Balaban J connectivity index is 3.02. The molecule has 0 aromatic heterocycles. The van der Waals surface area contributed by atoms with Crippen LogP contribution in [-0.4, -0.2) is 21.3 Å². The van der Waals surface area contributed by atoms with E-state index in [2.05, 4.69) is 5.32 Å². The van der Waals surface area contributed by atoms with Gasteiger partial charge in [-0.05, 0) is 12.1 Å². The molecule has 1 aromatic rings. The van der Waals surface area contributed by atoms with Gasteiger partial charge in [0, 0.05) is 13.1 Å². The molecule has 0 spiro atoms. The zero-order valence-corrected chi connectivity index (χ0v) is 7.50. The number of hydrogen-bond acceptors (Lipinski definition) is 2. The molecule has 0 aliphatic carbocycles. The summed E-state index contributed by atoms with van der Waals surface area (Å²) in [5.41, 5.74) is 0.803. The molecule has 1 aromatic carbocycles. The SMILES string of the molecule is C[N]c1cc(OC)ccc1OC. The molecule has 3 heteroatoms. The maximum absolute atomic E-state index is 5.09. The highest BCUT2D eigenvalue weighted by atomic mass is 16.5. The Kier molecular flexibility index (Phi) is 2.80. The van der Waals surface area contributed by atoms with Gasteiger partial charge in [0.2, 0.25) is 0 Å². The van der Waals surface area contributed by atoms with Gasteiger partial charge in [-0.1, -0.05) is 0 Å². The van der Waals surface area contributed by atoms with Crippen LogP contribution in [0.5, 0.6) is 11.5 Å². The minimum Gasteiger partial charge on any atom is -0.497 e. The van der Waals surface area contributed by atoms with Crippen LogP contribution in [-0.2, 0) is 0 Å². The molecule has 0 aliphatic heterocycles. The van der Waals surface area contributed by atoms with E-state index in [0.717, 1.165) is 17.2 Å². The van der Waals surface area contributed by atoms with E-state index in [-0.39, 0.29) is 0 Å². The van der Waals surface area contributed by atoms with Gasteiger partial charge in [-0.25, -0.2) is 0 Å². The van der Waals surface area contributed by atoms with Gasteiger partial charge >= 0.3 is 0 Å². The van der Waals surface area contributed by atoms with Gasteiger partial charge in [0.1, 0.15) is 17.2 Å². The molecule has 3 nitrogen and oxygen atoms in total. The average molecular weight is 166 g/mol. The van der Waals surface area contributed by atoms with Crippen LogP contribution in [0.3, 0.4) is 0 Å². The highest BCUT2D eigenvalue weighted by Crippen LogP contribution is 2.28. The van der Waals surface area contributed by atoms with Gasteiger partial charge in [-0.3, -0.25) is 5.32 Å². The predicted molar refractivity (Wildman–Crippen MR) is 47.3 cm³/mol. The van der Waals surface area contributed by atoms with Crippen molar-refractivity contribution in [3.8, 4) is 11.5 Å². The molecule has 0 atom stereocenters. The van der Waals surface area contributed by atoms with E-state index >= 15 is 0 Å². The topological polar surface area (TPSA) is 32.6 Å². The first-order valence-corrected chi connectivity index (χ1v) is 3.63. The van der Waals surface area contributed by atoms with E-state index in [1.807, 2.05) is 18.2 Å². The fraction of sp³-hybridized carbons (Fsp3) is 0.333. The van der Waals surface area contributed by atoms with Crippen LogP contribution in [0.15, 0.2) is 18.2 Å². The van der Waals surface area contributed by atoms with Crippen LogP contribution in [0.2, 0.25) is 0 Å². The number of hydrogen-bond donors (Lipinski definition) is 0. The second-order valence-electron chi connectivity index (χ2n) is 2.26. The number of benzene rings is 1. The average Bonchev–Trinajstić information content (AvgIpc) is 2.16. The summed E-state index contributed by atoms with van der Waals surface area (Å²) < 4.78 is 10.1. The molecule has 0 amide bonds. The fourth-order valence-electron chi connectivity index (χ4n) is 0.972. The molecule has 1 radical (unpaired) electrons. The van der Waals surface area contributed by atoms with Crippen molar-refractivity contribution in [1.82, 2.24) is 5.32 Å². The Morgan fingerprint density at radius 1 is 1.17 bits per heavy atom. The lowest BCUT2D eigenvalue weighted by atomic mass is 10.3. The van der Waals surface area contributed by atoms with E-state index < -0.39 is 0 Å². The lowest BCUT2D eigenvalue weighted by Gasteiger charge is -2.07. The Morgan fingerprint density at radius 2 is 1.92 bits per heavy atom. The molecular formula is C9H12NO2. The van der Waals surface area contributed by atoms with Gasteiger partial charge in [-0.2, -0.15) is 0 Å². The van der Waals surface area contributed by atoms with Crippen LogP contribution in [0.4, 0.5) is 5.69 Å². The Bertz CT molecular complexity index is 261. The lowest BCUT2D eigenvalue weighted by molar-refractivity contribution is 0.403. The third kappa shape index (κ3) is 1.61. The number of rotatable bonds is 3. The van der Waals surface area contributed by atoms with E-state index in [1.165, 1.54) is 0 Å². The predicted octanol–water partition coefficient (Wildman–Crippen LogP) is 1.57. The summed E-state index contributed by atoms with van der Waals surface area (Å²) in [6.45, 7) is 0. The summed E-state index contributed by atoms with van der Waals surface area (Å²) >= 11 is 0. The normalized spacial score (nSPS) is 9.25. The minimum atomic E-state index is 0.762. The van der Waals surface area contributed by atoms with Crippen LogP contribution >= 0.6 is 0 Å². The Labute approximate surface area is 72.3 Å². The standard InChI is InChI=1S/C9H12NO2/c1-10-8-6-7(11-2)4-5-9(8)12-3/h4-6H,1-3H3. The quantitative estimate of drug-likeness (QED) is 0.682. The van der Waals surface area contributed by atoms with Crippen molar-refractivity contribution in [2.45, 2.75) is 0 Å². The van der Waals surface area contributed by atoms with Crippen molar-refractivity contribution in [1.29, 1.82) is 0 Å². The maximum atomic E-state index is 5.09. The Hall–Kier alpha value is -1.38. The summed E-state index contributed by atoms with van der Waals surface area (Å²) in [5, 5.41) is 4.04. The van der Waals surface area contributed by atoms with Gasteiger partial charge in [0.25, 0.3) is 0 Å². The third-order valence-electron chi connectivity index (χ3n) is 1.63. The molecule has 0 aliphatic rings. The summed E-state index contributed by atoms with van der Waals surface area (Å²) in [6.07, 6.45) is 0. The minimum absolute atomic E-state index is 0.762. The highest BCUT2D eigenvalue weighted by Gasteiger charge is 2.02. The maximum Gasteiger partial charge on any atom is 0.144 e. The van der Waals surface area contributed by atoms with Crippen molar-refractivity contribution >= 4 is 5.69 Å². The summed E-state index contributed by atoms with van der Waals surface area (Å²) in [4.78, 5) is 0. The summed E-state index contributed by atoms with van der Waals surface area (Å²) in [7, 11) is 4.97. The van der Waals surface area contributed by atoms with Crippen LogP contribution < -0.4 is 14.8 Å². The molecule has 0 unspecified atom stereocenters. The second kappa shape index (κ2) is 3.85. The first-order chi connectivity index (χ1) is 5.81. The van der Waals surface area contributed by atoms with Gasteiger partial charge < -0.3 is 9.47 Å². The second-order valence-corrected chi connectivity index (χ2v) is 2.26. The van der Waals surface area contributed by atoms with Gasteiger partial charge in [0.05, 0.1) is 14.2 Å². The van der Waals surface area contributed by atoms with Crippen LogP contribution in [0.1, 0.15) is 0 Å². The van der Waals surface area contributed by atoms with Crippen LogP contribution in [0, 0.1) is 0 Å². The summed E-state index contributed by atoms with van der Waals surface area (Å²) in [6, 6.07) is 5.51. The molecule has 0 saturated carbocycles. The molecule has 0 N–H and O–H groups in total. The zero-order valence-electron chi connectivity index (χ0n) is 7.50. The van der Waals surface area contributed by atoms with E-state index in [1.54, 1.807) is 21.3 Å². The van der Waals surface area contributed by atoms with E-state index in [4.69, 9.17) is 9.47 Å². The third-order valence-corrected chi connectivity index (χ3v) is 1.63. The van der Waals surface area contributed by atoms with E-state index in [0.29, 0.717) is 0 Å². The molecule has 65 valence electrons. The number of ether oxygens (including phenoxy) is 2. The van der Waals surface area contributed by atoms with Crippen molar-refractivity contribution in [3.63, 3.8) is 0 Å². The molecule has 12 heavy (non-hydrogen) atoms. The number of nitrogens with zero attached hydrogens (tertiary/aromatic N) is 1. The largest absolute Gasteiger partial charge is 0.497 e. The molecule has 0 saturated heterocycles. The fourth-order valence-corrected chi connectivity index (χ4v) is 0.972. The van der Waals surface area contributed by atoms with Crippen molar-refractivity contribution < 1.29 is 9.47 Å². The molecular weight excluding hydrogens is 154 g/mol. The molecule has 0 heterocycles. The van der Waals surface area contributed by atoms with Crippen LogP contribution in [0.25, 0.3) is 0 Å². The van der Waals surface area contributed by atoms with E-state index in [9.17, 15) is 0 Å². The van der Waals surface area contributed by atoms with Crippen molar-refractivity contribution in [3.05, 3.63) is 18.2 Å². The van der Waals surface area contributed by atoms with Gasteiger partial charge in [-0.15, -0.1) is 0 Å². The molecule has 1 rings (SSSR count). The number of methoxy groups -OCH3 is 2. The molecule has 0 bridgehead atoms. The summed E-state index contributed by atoms with van der Waals surface area (Å²) in [5.74, 6) is 1.55. The highest BCUT2D eigenvalue weighted by molar-refractivity contribution is 5.54. The first kappa shape index (κ1) is 8.71. The smallest absolute Gasteiger partial charge is 0.144 e. The van der Waals surface area contributed by atoms with Crippen molar-refractivity contribution in [2.75, 3.05) is 21.3 Å². The molecule has 0 fully saturated rings. The monoisotopic (exact) mass is 166 g/mol. The van der Waals surface area contributed by atoms with Crippen molar-refractivity contribution in [2.24, 2.45) is 0 Å². The first-order valence-electron chi connectivity index (χ1n) is 3.63. The zero-order chi connectivity index (χ0) is 8.97.